The molecular weight excluding hydrogens is 835 g/mol. The molecule has 0 aliphatic rings. The van der Waals surface area contributed by atoms with Crippen LogP contribution in [0.3, 0.4) is 0 Å². The molecule has 0 aromatic rings. The molecule has 0 unspecified atom stereocenters. The molecule has 0 saturated heterocycles. The summed E-state index contributed by atoms with van der Waals surface area (Å²) >= 11 is 5.19. The molecule has 0 aromatic heterocycles. The van der Waals surface area contributed by atoms with Gasteiger partial charge in [0.25, 0.3) is 0 Å². The van der Waals surface area contributed by atoms with Gasteiger partial charge in [0, 0.05) is 25.0 Å². The van der Waals surface area contributed by atoms with Gasteiger partial charge in [-0.1, -0.05) is 27.7 Å². The number of rotatable bonds is 30. The minimum absolute atomic E-state index is 0.0589. The van der Waals surface area contributed by atoms with Gasteiger partial charge < -0.3 is 64.0 Å². The SMILES string of the molecule is CSCC[C@H](NC(=O)[C@@H](NC(=O)[C@@H](NC(=O)[C@H](CCC(=O)O)NC(=O)[C@@H](N)CCC(N)=O)C(C)C)C(C)C)C(=O)NCC(=O)N[C@@H](CCC(=O)O)C(=O)N[C@@H](CS)C(=O)O. The van der Waals surface area contributed by atoms with E-state index in [1.165, 1.54) is 11.8 Å². The zero-order valence-corrected chi connectivity index (χ0v) is 35.8. The van der Waals surface area contributed by atoms with Crippen molar-refractivity contribution in [3.8, 4) is 0 Å². The third-order valence-corrected chi connectivity index (χ3v) is 9.58. The van der Waals surface area contributed by atoms with Gasteiger partial charge in [-0.3, -0.25) is 47.9 Å². The van der Waals surface area contributed by atoms with Crippen molar-refractivity contribution in [2.45, 2.75) is 115 Å². The van der Waals surface area contributed by atoms with E-state index in [2.05, 4.69) is 49.8 Å². The van der Waals surface area contributed by atoms with E-state index in [1.807, 2.05) is 0 Å². The normalized spacial score (nSPS) is 14.5. The van der Waals surface area contributed by atoms with Crippen molar-refractivity contribution in [2.24, 2.45) is 23.3 Å². The summed E-state index contributed by atoms with van der Waals surface area (Å²) in [6, 6.07) is -9.49. The highest BCUT2D eigenvalue weighted by atomic mass is 32.2. The zero-order chi connectivity index (χ0) is 46.3. The highest BCUT2D eigenvalue weighted by molar-refractivity contribution is 7.98. The van der Waals surface area contributed by atoms with Crippen molar-refractivity contribution < 1.29 is 68.1 Å². The molecule has 14 N–H and O–H groups in total. The number of carboxylic acid groups (broad SMARTS) is 3. The maximum absolute atomic E-state index is 13.6. The number of hydrogen-bond acceptors (Lipinski definition) is 14. The molecule has 23 nitrogen and oxygen atoms in total. The molecule has 0 spiro atoms. The van der Waals surface area contributed by atoms with Crippen LogP contribution in [0.15, 0.2) is 0 Å². The van der Waals surface area contributed by atoms with E-state index in [4.69, 9.17) is 16.6 Å². The van der Waals surface area contributed by atoms with Gasteiger partial charge in [-0.25, -0.2) is 4.79 Å². The molecule has 0 saturated carbocycles. The van der Waals surface area contributed by atoms with Crippen LogP contribution in [0.1, 0.15) is 72.6 Å². The maximum atomic E-state index is 13.6. The number of nitrogens with one attached hydrogen (secondary N) is 7. The lowest BCUT2D eigenvalue weighted by Crippen LogP contribution is -2.61. The highest BCUT2D eigenvalue weighted by Crippen LogP contribution is 2.10. The van der Waals surface area contributed by atoms with Crippen LogP contribution < -0.4 is 48.7 Å². The van der Waals surface area contributed by atoms with Gasteiger partial charge in [-0.15, -0.1) is 0 Å². The fraction of sp³-hybridized carbons (Fsp3) is 0.686. The smallest absolute Gasteiger partial charge is 0.327 e. The molecule has 0 rings (SSSR count). The number of thiol groups is 1. The summed E-state index contributed by atoms with van der Waals surface area (Å²) in [6.45, 7) is 5.62. The van der Waals surface area contributed by atoms with E-state index in [9.17, 15) is 63.0 Å². The van der Waals surface area contributed by atoms with Crippen LogP contribution in [0, 0.1) is 11.8 Å². The van der Waals surface area contributed by atoms with Crippen LogP contribution in [-0.2, 0) is 52.7 Å². The predicted octanol–water partition coefficient (Wildman–Crippen LogP) is -3.59. The van der Waals surface area contributed by atoms with Gasteiger partial charge in [-0.05, 0) is 49.5 Å². The Bertz CT molecular complexity index is 1550. The quantitative estimate of drug-likeness (QED) is 0.0310. The second-order valence-corrected chi connectivity index (χ2v) is 15.6. The molecule has 0 aliphatic heterocycles. The number of carboxylic acids is 3. The largest absolute Gasteiger partial charge is 0.481 e. The Morgan fingerprint density at radius 2 is 1.00 bits per heavy atom. The molecule has 60 heavy (non-hydrogen) atoms. The summed E-state index contributed by atoms with van der Waals surface area (Å²) in [7, 11) is 0. The van der Waals surface area contributed by atoms with Gasteiger partial charge in [-0.2, -0.15) is 24.4 Å². The first-order valence-corrected chi connectivity index (χ1v) is 20.9. The minimum atomic E-state index is -1.48. The Kier molecular flexibility index (Phi) is 25.9. The van der Waals surface area contributed by atoms with Crippen molar-refractivity contribution in [1.29, 1.82) is 0 Å². The van der Waals surface area contributed by atoms with Crippen LogP contribution >= 0.6 is 24.4 Å². The van der Waals surface area contributed by atoms with Crippen LogP contribution in [0.4, 0.5) is 0 Å². The van der Waals surface area contributed by atoms with Gasteiger partial charge in [0.05, 0.1) is 12.6 Å². The number of primary amides is 1. The topological polar surface area (TPSA) is 385 Å². The van der Waals surface area contributed by atoms with Crippen molar-refractivity contribution in [3.05, 3.63) is 0 Å². The molecule has 0 fully saturated rings. The summed E-state index contributed by atoms with van der Waals surface area (Å²) in [6.07, 6.45) is -0.481. The average Bonchev–Trinajstić information content (AvgIpc) is 3.16. The first-order valence-electron chi connectivity index (χ1n) is 18.8. The first kappa shape index (κ1) is 54.8. The Morgan fingerprint density at radius 3 is 1.45 bits per heavy atom. The molecule has 0 aliphatic carbocycles. The van der Waals surface area contributed by atoms with Gasteiger partial charge >= 0.3 is 17.9 Å². The molecular formula is C35H59N9O14S2. The van der Waals surface area contributed by atoms with Crippen molar-refractivity contribution in [3.63, 3.8) is 0 Å². The number of aliphatic carboxylic acids is 3. The predicted molar refractivity (Wildman–Crippen MR) is 219 cm³/mol. The number of thioether (sulfide) groups is 1. The van der Waals surface area contributed by atoms with E-state index >= 15 is 0 Å². The number of carbonyl (C=O) groups is 11. The van der Waals surface area contributed by atoms with Gasteiger partial charge in [0.1, 0.15) is 36.3 Å². The Balaban J connectivity index is 5.97. The first-order chi connectivity index (χ1) is 27.9. The van der Waals surface area contributed by atoms with Crippen LogP contribution in [0.5, 0.6) is 0 Å². The van der Waals surface area contributed by atoms with Crippen molar-refractivity contribution in [2.75, 3.05) is 24.3 Å². The maximum Gasteiger partial charge on any atom is 0.327 e. The summed E-state index contributed by atoms with van der Waals surface area (Å²) in [5.74, 6) is -12.0. The van der Waals surface area contributed by atoms with Crippen molar-refractivity contribution >= 4 is 89.6 Å². The molecule has 0 aromatic carbocycles. The average molecular weight is 894 g/mol. The van der Waals surface area contributed by atoms with E-state index < -0.39 is 145 Å². The van der Waals surface area contributed by atoms with Crippen LogP contribution in [-0.4, -0.2) is 147 Å². The Labute approximate surface area is 356 Å². The summed E-state index contributed by atoms with van der Waals surface area (Å²) in [5.41, 5.74) is 10.9. The molecule has 7 atom stereocenters. The lowest BCUT2D eigenvalue weighted by molar-refractivity contribution is -0.142. The third-order valence-electron chi connectivity index (χ3n) is 8.57. The monoisotopic (exact) mass is 893 g/mol. The van der Waals surface area contributed by atoms with E-state index in [-0.39, 0.29) is 31.4 Å². The van der Waals surface area contributed by atoms with E-state index in [0.717, 1.165) is 0 Å². The second kappa shape index (κ2) is 28.3. The van der Waals surface area contributed by atoms with Crippen LogP contribution in [0.25, 0.3) is 0 Å². The fourth-order valence-electron chi connectivity index (χ4n) is 5.11. The fourth-order valence-corrected chi connectivity index (χ4v) is 5.83. The third kappa shape index (κ3) is 21.7. The molecule has 340 valence electrons. The lowest BCUT2D eigenvalue weighted by Gasteiger charge is -2.29. The summed E-state index contributed by atoms with van der Waals surface area (Å²) in [4.78, 5) is 137. The van der Waals surface area contributed by atoms with Gasteiger partial charge in [0.2, 0.25) is 47.3 Å². The van der Waals surface area contributed by atoms with E-state index in [0.29, 0.717) is 5.75 Å². The number of amides is 8. The lowest BCUT2D eigenvalue weighted by atomic mass is 9.98. The van der Waals surface area contributed by atoms with Gasteiger partial charge in [0.15, 0.2) is 0 Å². The number of carbonyl (C=O) groups excluding carboxylic acids is 8. The van der Waals surface area contributed by atoms with Crippen molar-refractivity contribution in [1.82, 2.24) is 37.2 Å². The Morgan fingerprint density at radius 1 is 0.567 bits per heavy atom. The standard InChI is InChI=1S/C35H59N9O14S2/c1-16(2)27(44-34(56)28(17(3)4)43-32(54)20(8-11-26(49)50)40-29(51)18(36)6-9-23(37)45)33(55)41-21(12-13-60-5)30(52)38-14-24(46)39-19(7-10-25(47)48)31(53)42-22(15-59)35(57)58/h16-22,27-28,59H,6-15,36H2,1-5H3,(H2,37,45)(H,38,52)(H,39,46)(H,40,51)(H,41,55)(H,42,53)(H,43,54)(H,44,56)(H,47,48)(H,49,50)(H,57,58)/t18-,19-,20-,21-,22-,27-,28-/m0/s1. The molecule has 0 heterocycles. The molecule has 25 heteroatoms. The van der Waals surface area contributed by atoms with Crippen LogP contribution in [0.2, 0.25) is 0 Å². The summed E-state index contributed by atoms with van der Waals surface area (Å²) < 4.78 is 0. The molecule has 8 amide bonds. The zero-order valence-electron chi connectivity index (χ0n) is 34.1. The summed E-state index contributed by atoms with van der Waals surface area (Å²) in [5, 5.41) is 44.2. The number of hydrogen-bond donors (Lipinski definition) is 13. The second-order valence-electron chi connectivity index (χ2n) is 14.3. The number of nitrogens with two attached hydrogens (primary N) is 2. The molecule has 0 bridgehead atoms. The highest BCUT2D eigenvalue weighted by Gasteiger charge is 2.35. The van der Waals surface area contributed by atoms with E-state index in [1.54, 1.807) is 34.0 Å². The molecule has 0 radical (unpaired) electrons. The minimum Gasteiger partial charge on any atom is -0.481 e. The Hall–Kier alpha value is -5.17.